The molecule has 0 radical (unpaired) electrons. The van der Waals surface area contributed by atoms with Crippen molar-refractivity contribution in [2.45, 2.75) is 26.8 Å². The van der Waals surface area contributed by atoms with Gasteiger partial charge in [-0.15, -0.1) is 10.8 Å². The van der Waals surface area contributed by atoms with E-state index in [1.807, 2.05) is 20.8 Å². The van der Waals surface area contributed by atoms with Crippen molar-refractivity contribution >= 4 is 10.8 Å². The quantitative estimate of drug-likeness (QED) is 0.602. The lowest BCUT2D eigenvalue weighted by molar-refractivity contribution is 0.428. The van der Waals surface area contributed by atoms with Crippen LogP contribution in [0.2, 0.25) is 0 Å². The molecule has 0 saturated heterocycles. The van der Waals surface area contributed by atoms with E-state index in [0.29, 0.717) is 5.92 Å². The lowest BCUT2D eigenvalue weighted by Crippen LogP contribution is -2.32. The highest BCUT2D eigenvalue weighted by atomic mass is 32.3. The van der Waals surface area contributed by atoms with Crippen molar-refractivity contribution in [3.63, 3.8) is 0 Å². The normalized spacial score (nSPS) is 17.5. The van der Waals surface area contributed by atoms with Crippen LogP contribution in [0.1, 0.15) is 20.8 Å². The van der Waals surface area contributed by atoms with Crippen molar-refractivity contribution in [2.75, 3.05) is 6.26 Å². The standard InChI is InChI=1S/C6H17NO2S/c1-5(2)6(3)7-10(4,8)9/h5-9H,1-4H3. The molecule has 0 aromatic carbocycles. The van der Waals surface area contributed by atoms with E-state index in [4.69, 9.17) is 9.11 Å². The molecule has 0 aromatic rings. The molecule has 3 nitrogen and oxygen atoms in total. The van der Waals surface area contributed by atoms with Gasteiger partial charge in [-0.2, -0.15) is 0 Å². The van der Waals surface area contributed by atoms with Crippen LogP contribution in [0.25, 0.3) is 0 Å². The van der Waals surface area contributed by atoms with Crippen molar-refractivity contribution < 1.29 is 9.11 Å². The van der Waals surface area contributed by atoms with E-state index in [2.05, 4.69) is 4.72 Å². The van der Waals surface area contributed by atoms with E-state index in [1.165, 1.54) is 6.26 Å². The summed E-state index contributed by atoms with van der Waals surface area (Å²) in [5, 5.41) is 0. The van der Waals surface area contributed by atoms with Crippen LogP contribution < -0.4 is 4.72 Å². The number of nitrogens with one attached hydrogen (secondary N) is 1. The molecule has 64 valence electrons. The fourth-order valence-corrected chi connectivity index (χ4v) is 1.46. The van der Waals surface area contributed by atoms with Gasteiger partial charge in [0.2, 0.25) is 0 Å². The minimum absolute atomic E-state index is 0.148. The first-order valence-corrected chi connectivity index (χ1v) is 5.29. The third-order valence-electron chi connectivity index (χ3n) is 1.41. The molecule has 0 aromatic heterocycles. The third-order valence-corrected chi connectivity index (χ3v) is 2.23. The summed E-state index contributed by atoms with van der Waals surface area (Å²) in [4.78, 5) is 0. The van der Waals surface area contributed by atoms with Crippen molar-refractivity contribution in [3.8, 4) is 0 Å². The Balaban J connectivity index is 3.68. The predicted octanol–water partition coefficient (Wildman–Crippen LogP) is 1.92. The third kappa shape index (κ3) is 5.05. The molecule has 0 aliphatic heterocycles. The molecule has 0 spiro atoms. The summed E-state index contributed by atoms with van der Waals surface area (Å²) in [5.41, 5.74) is 0. The maximum Gasteiger partial charge on any atom is 0.0416 e. The fraction of sp³-hybridized carbons (Fsp3) is 1.00. The van der Waals surface area contributed by atoms with Crippen LogP contribution in [0.3, 0.4) is 0 Å². The van der Waals surface area contributed by atoms with Crippen LogP contribution in [0.15, 0.2) is 0 Å². The average Bonchev–Trinajstić information content (AvgIpc) is 1.60. The van der Waals surface area contributed by atoms with Crippen molar-refractivity contribution in [3.05, 3.63) is 0 Å². The molecule has 1 unspecified atom stereocenters. The van der Waals surface area contributed by atoms with Gasteiger partial charge in [0.1, 0.15) is 0 Å². The number of rotatable bonds is 3. The zero-order valence-corrected chi connectivity index (χ0v) is 7.77. The maximum atomic E-state index is 8.96. The van der Waals surface area contributed by atoms with E-state index in [9.17, 15) is 0 Å². The zero-order chi connectivity index (χ0) is 8.36. The van der Waals surface area contributed by atoms with E-state index in [0.717, 1.165) is 0 Å². The van der Waals surface area contributed by atoms with E-state index in [1.54, 1.807) is 0 Å². The Labute approximate surface area is 64.3 Å². The first-order chi connectivity index (χ1) is 4.33. The fourth-order valence-electron chi connectivity index (χ4n) is 0.488. The van der Waals surface area contributed by atoms with Crippen LogP contribution in [0.4, 0.5) is 0 Å². The summed E-state index contributed by atoms with van der Waals surface area (Å²) in [7, 11) is -2.52. The van der Waals surface area contributed by atoms with Crippen LogP contribution in [-0.4, -0.2) is 21.4 Å². The molecule has 0 saturated carbocycles. The Morgan fingerprint density at radius 3 is 1.70 bits per heavy atom. The summed E-state index contributed by atoms with van der Waals surface area (Å²) in [5.74, 6) is 0.422. The second-order valence-corrected chi connectivity index (χ2v) is 4.89. The second-order valence-electron chi connectivity index (χ2n) is 2.98. The van der Waals surface area contributed by atoms with Gasteiger partial charge in [-0.05, 0) is 12.8 Å². The number of hydrogen-bond donors (Lipinski definition) is 3. The maximum absolute atomic E-state index is 8.96. The lowest BCUT2D eigenvalue weighted by Gasteiger charge is -2.33. The zero-order valence-electron chi connectivity index (χ0n) is 6.96. The minimum Gasteiger partial charge on any atom is -0.286 e. The highest BCUT2D eigenvalue weighted by molar-refractivity contribution is 8.22. The summed E-state index contributed by atoms with van der Waals surface area (Å²) in [6.07, 6.45) is 1.39. The van der Waals surface area contributed by atoms with E-state index in [-0.39, 0.29) is 6.04 Å². The van der Waals surface area contributed by atoms with Crippen LogP contribution in [0, 0.1) is 5.92 Å². The van der Waals surface area contributed by atoms with Crippen molar-refractivity contribution in [1.82, 2.24) is 4.72 Å². The summed E-state index contributed by atoms with van der Waals surface area (Å²) < 4.78 is 20.6. The summed E-state index contributed by atoms with van der Waals surface area (Å²) >= 11 is 0. The molecule has 1 atom stereocenters. The minimum atomic E-state index is -2.52. The molecule has 0 amide bonds. The van der Waals surface area contributed by atoms with Gasteiger partial charge in [-0.3, -0.25) is 9.11 Å². The Bertz CT molecular complexity index is 100. The number of hydrogen-bond acceptors (Lipinski definition) is 3. The second kappa shape index (κ2) is 3.57. The van der Waals surface area contributed by atoms with Gasteiger partial charge in [0.15, 0.2) is 0 Å². The molecular weight excluding hydrogens is 150 g/mol. The molecule has 0 aliphatic rings. The van der Waals surface area contributed by atoms with Crippen molar-refractivity contribution in [1.29, 1.82) is 0 Å². The van der Waals surface area contributed by atoms with Gasteiger partial charge in [-0.1, -0.05) is 13.8 Å². The largest absolute Gasteiger partial charge is 0.286 e. The van der Waals surface area contributed by atoms with Crippen LogP contribution in [0.5, 0.6) is 0 Å². The molecule has 0 fully saturated rings. The monoisotopic (exact) mass is 167 g/mol. The van der Waals surface area contributed by atoms with Crippen molar-refractivity contribution in [2.24, 2.45) is 5.92 Å². The highest BCUT2D eigenvalue weighted by Gasteiger charge is 2.11. The Morgan fingerprint density at radius 1 is 1.20 bits per heavy atom. The van der Waals surface area contributed by atoms with Gasteiger partial charge in [0.25, 0.3) is 0 Å². The first kappa shape index (κ1) is 10.2. The van der Waals surface area contributed by atoms with E-state index >= 15 is 0 Å². The molecule has 10 heavy (non-hydrogen) atoms. The van der Waals surface area contributed by atoms with Gasteiger partial charge in [-0.25, -0.2) is 4.72 Å². The molecule has 0 aliphatic carbocycles. The van der Waals surface area contributed by atoms with Gasteiger partial charge >= 0.3 is 0 Å². The van der Waals surface area contributed by atoms with Crippen LogP contribution >= 0.6 is 10.8 Å². The smallest absolute Gasteiger partial charge is 0.0416 e. The van der Waals surface area contributed by atoms with Gasteiger partial charge < -0.3 is 0 Å². The van der Waals surface area contributed by atoms with Gasteiger partial charge in [0.05, 0.1) is 0 Å². The lowest BCUT2D eigenvalue weighted by atomic mass is 10.1. The Morgan fingerprint density at radius 2 is 1.60 bits per heavy atom. The topological polar surface area (TPSA) is 52.5 Å². The highest BCUT2D eigenvalue weighted by Crippen LogP contribution is 2.29. The molecule has 0 rings (SSSR count). The average molecular weight is 167 g/mol. The first-order valence-electron chi connectivity index (χ1n) is 3.33. The van der Waals surface area contributed by atoms with Gasteiger partial charge in [0, 0.05) is 12.3 Å². The molecular formula is C6H17NO2S. The molecule has 0 heterocycles. The molecule has 3 N–H and O–H groups in total. The molecule has 0 bridgehead atoms. The summed E-state index contributed by atoms with van der Waals surface area (Å²) in [6, 6.07) is 0.148. The SMILES string of the molecule is CC(C)C(C)NS(C)(O)O. The van der Waals surface area contributed by atoms with E-state index < -0.39 is 10.8 Å². The Hall–Kier alpha value is 0.230. The van der Waals surface area contributed by atoms with Crippen LogP contribution in [-0.2, 0) is 0 Å². The molecule has 4 heteroatoms. The summed E-state index contributed by atoms with van der Waals surface area (Å²) in [6.45, 7) is 5.99. The predicted molar refractivity (Wildman–Crippen MR) is 46.2 cm³/mol. The Kier molecular flexibility index (Phi) is 3.65.